The number of piperidine rings is 1. The van der Waals surface area contributed by atoms with E-state index >= 15 is 0 Å². The van der Waals surface area contributed by atoms with Crippen molar-refractivity contribution >= 4 is 34.2 Å². The lowest BCUT2D eigenvalue weighted by molar-refractivity contribution is -0.136. The van der Waals surface area contributed by atoms with E-state index in [9.17, 15) is 4.79 Å². The van der Waals surface area contributed by atoms with Crippen LogP contribution in [0.25, 0.3) is 22.4 Å². The fourth-order valence-electron chi connectivity index (χ4n) is 4.88. The van der Waals surface area contributed by atoms with Gasteiger partial charge in [-0.05, 0) is 63.2 Å². The van der Waals surface area contributed by atoms with Crippen LogP contribution in [-0.4, -0.2) is 72.0 Å². The van der Waals surface area contributed by atoms with E-state index in [4.69, 9.17) is 16.6 Å². The minimum absolute atomic E-state index is 0.136. The molecule has 168 valence electrons. The summed E-state index contributed by atoms with van der Waals surface area (Å²) in [5.74, 6) is 1.27. The molecule has 0 unspecified atom stereocenters. The van der Waals surface area contributed by atoms with Gasteiger partial charge in [0, 0.05) is 49.9 Å². The maximum atomic E-state index is 13.1. The summed E-state index contributed by atoms with van der Waals surface area (Å²) < 4.78 is 0. The molecule has 2 aliphatic rings. The Labute approximate surface area is 194 Å². The van der Waals surface area contributed by atoms with E-state index in [1.54, 1.807) is 0 Å². The molecule has 2 fully saturated rings. The Kier molecular flexibility index (Phi) is 6.07. The van der Waals surface area contributed by atoms with Gasteiger partial charge in [0.1, 0.15) is 5.82 Å². The number of para-hydroxylation sites is 2. The highest BCUT2D eigenvalue weighted by molar-refractivity contribution is 6.33. The lowest BCUT2D eigenvalue weighted by Gasteiger charge is -2.35. The molecule has 0 atom stereocenters. The Hall–Kier alpha value is -2.57. The Bertz CT molecular complexity index is 1070. The molecular formula is C25H30ClN5O. The number of carbonyl (C=O) groups excluding carboxylic acids is 1. The largest absolute Gasteiger partial charge is 0.371 e. The van der Waals surface area contributed by atoms with Crippen LogP contribution in [0.5, 0.6) is 0 Å². The highest BCUT2D eigenvalue weighted by Crippen LogP contribution is 2.33. The van der Waals surface area contributed by atoms with Crippen molar-refractivity contribution in [1.29, 1.82) is 0 Å². The lowest BCUT2D eigenvalue weighted by atomic mass is 9.94. The van der Waals surface area contributed by atoms with Crippen LogP contribution < -0.4 is 4.90 Å². The Morgan fingerprint density at radius 2 is 1.84 bits per heavy atom. The first-order valence-electron chi connectivity index (χ1n) is 11.6. The topological polar surface area (TPSA) is 55.5 Å². The van der Waals surface area contributed by atoms with Gasteiger partial charge in [0.15, 0.2) is 0 Å². The van der Waals surface area contributed by atoms with Crippen LogP contribution in [0.1, 0.15) is 19.3 Å². The van der Waals surface area contributed by atoms with Crippen molar-refractivity contribution in [3.8, 4) is 11.4 Å². The van der Waals surface area contributed by atoms with Crippen LogP contribution in [0.4, 0.5) is 5.69 Å². The highest BCUT2D eigenvalue weighted by atomic mass is 35.5. The summed E-state index contributed by atoms with van der Waals surface area (Å²) in [5.41, 5.74) is 3.98. The van der Waals surface area contributed by atoms with Gasteiger partial charge >= 0.3 is 0 Å². The molecule has 0 aliphatic carbocycles. The summed E-state index contributed by atoms with van der Waals surface area (Å²) >= 11 is 6.54. The zero-order chi connectivity index (χ0) is 22.1. The molecule has 1 aromatic heterocycles. The van der Waals surface area contributed by atoms with Crippen LogP contribution in [-0.2, 0) is 4.79 Å². The second-order valence-corrected chi connectivity index (χ2v) is 9.42. The average molecular weight is 452 g/mol. The quantitative estimate of drug-likeness (QED) is 0.646. The number of imidazole rings is 1. The number of aromatic nitrogens is 2. The number of H-pyrrole nitrogens is 1. The number of rotatable bonds is 3. The van der Waals surface area contributed by atoms with Gasteiger partial charge in [-0.1, -0.05) is 23.7 Å². The van der Waals surface area contributed by atoms with E-state index in [1.165, 1.54) is 0 Å². The normalized spacial score (nSPS) is 18.8. The van der Waals surface area contributed by atoms with E-state index in [0.717, 1.165) is 86.6 Å². The van der Waals surface area contributed by atoms with Crippen LogP contribution in [0, 0.1) is 5.92 Å². The van der Waals surface area contributed by atoms with Crippen molar-refractivity contribution in [2.75, 3.05) is 51.2 Å². The van der Waals surface area contributed by atoms with Crippen LogP contribution in [0.15, 0.2) is 42.5 Å². The maximum Gasteiger partial charge on any atom is 0.225 e. The molecule has 32 heavy (non-hydrogen) atoms. The molecule has 6 nitrogen and oxygen atoms in total. The summed E-state index contributed by atoms with van der Waals surface area (Å²) in [6.45, 7) is 5.55. The molecule has 1 N–H and O–H groups in total. The standard InChI is InChI=1S/C25H30ClN5O/c1-29-11-4-12-31(16-15-29)25(32)18-9-13-30(14-10-18)19-7-8-21(26)20(17-19)24-27-22-5-2-3-6-23(22)28-24/h2-3,5-8,17-18H,4,9-16H2,1H3,(H,27,28). The molecule has 2 aliphatic heterocycles. The van der Waals surface area contributed by atoms with Gasteiger partial charge in [-0.2, -0.15) is 0 Å². The molecule has 0 saturated carbocycles. The summed E-state index contributed by atoms with van der Waals surface area (Å²) in [5, 5.41) is 0.684. The Morgan fingerprint density at radius 1 is 1.03 bits per heavy atom. The minimum atomic E-state index is 0.136. The summed E-state index contributed by atoms with van der Waals surface area (Å²) in [6, 6.07) is 14.1. The molecule has 0 radical (unpaired) electrons. The van der Waals surface area contributed by atoms with Gasteiger partial charge in [0.25, 0.3) is 0 Å². The number of nitrogens with one attached hydrogen (secondary N) is 1. The number of carbonyl (C=O) groups is 1. The van der Waals surface area contributed by atoms with Gasteiger partial charge in [-0.3, -0.25) is 4.79 Å². The minimum Gasteiger partial charge on any atom is -0.371 e. The van der Waals surface area contributed by atoms with E-state index in [2.05, 4.69) is 38.9 Å². The van der Waals surface area contributed by atoms with Crippen molar-refractivity contribution < 1.29 is 4.79 Å². The van der Waals surface area contributed by atoms with Gasteiger partial charge in [-0.25, -0.2) is 4.98 Å². The van der Waals surface area contributed by atoms with Crippen molar-refractivity contribution in [2.24, 2.45) is 5.92 Å². The van der Waals surface area contributed by atoms with Crippen molar-refractivity contribution in [3.63, 3.8) is 0 Å². The SMILES string of the molecule is CN1CCCN(C(=O)C2CCN(c3ccc(Cl)c(-c4nc5ccccc5[nH]4)c3)CC2)CC1. The van der Waals surface area contributed by atoms with E-state index < -0.39 is 0 Å². The molecular weight excluding hydrogens is 422 g/mol. The van der Waals surface area contributed by atoms with Gasteiger partial charge in [0.2, 0.25) is 5.91 Å². The van der Waals surface area contributed by atoms with E-state index in [1.807, 2.05) is 30.3 Å². The number of hydrogen-bond donors (Lipinski definition) is 1. The maximum absolute atomic E-state index is 13.1. The zero-order valence-corrected chi connectivity index (χ0v) is 19.3. The molecule has 2 saturated heterocycles. The van der Waals surface area contributed by atoms with Crippen molar-refractivity contribution in [1.82, 2.24) is 19.8 Å². The number of nitrogens with zero attached hydrogens (tertiary/aromatic N) is 4. The fraction of sp³-hybridized carbons (Fsp3) is 0.440. The molecule has 0 spiro atoms. The van der Waals surface area contributed by atoms with E-state index in [0.29, 0.717) is 10.9 Å². The van der Waals surface area contributed by atoms with Crippen LogP contribution in [0.2, 0.25) is 5.02 Å². The first kappa shape index (κ1) is 21.3. The van der Waals surface area contributed by atoms with Crippen molar-refractivity contribution in [2.45, 2.75) is 19.3 Å². The van der Waals surface area contributed by atoms with E-state index in [-0.39, 0.29) is 5.92 Å². The zero-order valence-electron chi connectivity index (χ0n) is 18.6. The third-order valence-electron chi connectivity index (χ3n) is 6.83. The smallest absolute Gasteiger partial charge is 0.225 e. The second-order valence-electron chi connectivity index (χ2n) is 9.01. The predicted molar refractivity (Wildman–Crippen MR) is 130 cm³/mol. The van der Waals surface area contributed by atoms with Gasteiger partial charge in [0.05, 0.1) is 16.1 Å². The number of amides is 1. The van der Waals surface area contributed by atoms with Crippen molar-refractivity contribution in [3.05, 3.63) is 47.5 Å². The molecule has 2 aromatic carbocycles. The first-order valence-corrected chi connectivity index (χ1v) is 11.9. The number of likely N-dealkylation sites (N-methyl/N-ethyl adjacent to an activating group) is 1. The number of benzene rings is 2. The number of hydrogen-bond acceptors (Lipinski definition) is 4. The highest BCUT2D eigenvalue weighted by Gasteiger charge is 2.29. The molecule has 0 bridgehead atoms. The number of aromatic amines is 1. The summed E-state index contributed by atoms with van der Waals surface area (Å²) in [4.78, 5) is 28.0. The predicted octanol–water partition coefficient (Wildman–Crippen LogP) is 4.26. The number of anilines is 1. The van der Waals surface area contributed by atoms with Crippen LogP contribution in [0.3, 0.4) is 0 Å². The Morgan fingerprint density at radius 3 is 2.66 bits per heavy atom. The lowest BCUT2D eigenvalue weighted by Crippen LogP contribution is -2.43. The average Bonchev–Trinajstić information content (AvgIpc) is 3.13. The second kappa shape index (κ2) is 9.12. The monoisotopic (exact) mass is 451 g/mol. The third kappa shape index (κ3) is 4.34. The Balaban J connectivity index is 1.27. The molecule has 5 rings (SSSR count). The summed E-state index contributed by atoms with van der Waals surface area (Å²) in [6.07, 6.45) is 2.86. The third-order valence-corrected chi connectivity index (χ3v) is 7.16. The molecule has 7 heteroatoms. The van der Waals surface area contributed by atoms with Gasteiger partial charge < -0.3 is 19.7 Å². The van der Waals surface area contributed by atoms with Crippen LogP contribution >= 0.6 is 11.6 Å². The molecule has 3 heterocycles. The molecule has 3 aromatic rings. The number of fused-ring (bicyclic) bond motifs is 1. The molecule has 1 amide bonds. The summed E-state index contributed by atoms with van der Waals surface area (Å²) in [7, 11) is 2.14. The fourth-order valence-corrected chi connectivity index (χ4v) is 5.09. The number of halogens is 1. The van der Waals surface area contributed by atoms with Gasteiger partial charge in [-0.15, -0.1) is 0 Å². The first-order chi connectivity index (χ1) is 15.6.